The van der Waals surface area contributed by atoms with Crippen LogP contribution in [-0.4, -0.2) is 30.0 Å². The van der Waals surface area contributed by atoms with Gasteiger partial charge in [-0.3, -0.25) is 0 Å². The molecule has 5 heteroatoms. The van der Waals surface area contributed by atoms with Crippen molar-refractivity contribution >= 4 is 29.3 Å². The van der Waals surface area contributed by atoms with Crippen molar-refractivity contribution in [2.75, 3.05) is 12.9 Å². The molecule has 0 radical (unpaired) electrons. The molecule has 2 atom stereocenters. The van der Waals surface area contributed by atoms with Crippen LogP contribution in [0, 0.1) is 0 Å². The van der Waals surface area contributed by atoms with Gasteiger partial charge in [0.05, 0.1) is 7.11 Å². The van der Waals surface area contributed by atoms with Gasteiger partial charge in [0.1, 0.15) is 4.75 Å². The van der Waals surface area contributed by atoms with Crippen LogP contribution in [0.3, 0.4) is 0 Å². The molecule has 0 saturated heterocycles. The molecular formula is C18H19ClO3S. The number of halogens is 1. The normalized spacial score (nSPS) is 14.8. The van der Waals surface area contributed by atoms with Crippen LogP contribution in [0.25, 0.3) is 0 Å². The van der Waals surface area contributed by atoms with Crippen LogP contribution >= 0.6 is 23.4 Å². The number of aliphatic hydroxyl groups excluding tert-OH is 1. The maximum atomic E-state index is 12.1. The molecule has 2 unspecified atom stereocenters. The summed E-state index contributed by atoms with van der Waals surface area (Å²) in [5, 5.41) is 11.4. The van der Waals surface area contributed by atoms with Gasteiger partial charge in [-0.15, -0.1) is 11.8 Å². The molecular weight excluding hydrogens is 332 g/mol. The molecule has 0 bridgehead atoms. The Hall–Kier alpha value is -1.49. The first-order chi connectivity index (χ1) is 11.1. The first kappa shape index (κ1) is 17.9. The number of hydrogen-bond donors (Lipinski definition) is 1. The van der Waals surface area contributed by atoms with Crippen LogP contribution in [0.5, 0.6) is 0 Å². The maximum Gasteiger partial charge on any atom is 0.336 e. The van der Waals surface area contributed by atoms with Crippen LogP contribution in [0.1, 0.15) is 18.1 Å². The van der Waals surface area contributed by atoms with E-state index in [0.717, 1.165) is 11.1 Å². The highest BCUT2D eigenvalue weighted by molar-refractivity contribution is 8.00. The minimum atomic E-state index is -1.33. The molecule has 0 heterocycles. The van der Waals surface area contributed by atoms with Crippen LogP contribution in [-0.2, 0) is 14.3 Å². The summed E-state index contributed by atoms with van der Waals surface area (Å²) >= 11 is 7.49. The number of thioether (sulfide) groups is 1. The molecule has 23 heavy (non-hydrogen) atoms. The van der Waals surface area contributed by atoms with Gasteiger partial charge in [0.2, 0.25) is 0 Å². The topological polar surface area (TPSA) is 46.5 Å². The van der Waals surface area contributed by atoms with Crippen molar-refractivity contribution in [2.24, 2.45) is 0 Å². The summed E-state index contributed by atoms with van der Waals surface area (Å²) < 4.78 is 3.85. The second kappa shape index (κ2) is 7.86. The summed E-state index contributed by atoms with van der Waals surface area (Å²) in [6.07, 6.45) is -1.33. The fraction of sp³-hybridized carbons (Fsp3) is 0.278. The Kier molecular flexibility index (Phi) is 6.10. The van der Waals surface area contributed by atoms with Crippen molar-refractivity contribution in [1.29, 1.82) is 0 Å². The van der Waals surface area contributed by atoms with Gasteiger partial charge in [-0.25, -0.2) is 4.79 Å². The molecule has 1 N–H and O–H groups in total. The van der Waals surface area contributed by atoms with Gasteiger partial charge in [0.25, 0.3) is 0 Å². The molecule has 2 rings (SSSR count). The quantitative estimate of drug-likeness (QED) is 0.803. The van der Waals surface area contributed by atoms with Gasteiger partial charge in [0, 0.05) is 5.02 Å². The van der Waals surface area contributed by atoms with Gasteiger partial charge in [-0.05, 0) is 29.0 Å². The average Bonchev–Trinajstić information content (AvgIpc) is 2.60. The summed E-state index contributed by atoms with van der Waals surface area (Å²) in [4.78, 5) is 12.1. The highest BCUT2D eigenvalue weighted by Gasteiger charge is 2.46. The highest BCUT2D eigenvalue weighted by Crippen LogP contribution is 2.46. The predicted molar refractivity (Wildman–Crippen MR) is 94.8 cm³/mol. The van der Waals surface area contributed by atoms with Gasteiger partial charge < -0.3 is 9.84 Å². The molecule has 0 spiro atoms. The number of esters is 1. The third kappa shape index (κ3) is 3.55. The summed E-state index contributed by atoms with van der Waals surface area (Å²) in [6, 6.07) is 16.7. The molecule has 2 aromatic rings. The molecule has 3 nitrogen and oxygen atoms in total. The maximum absolute atomic E-state index is 12.1. The Balaban J connectivity index is 2.69. The number of hydrogen-bond acceptors (Lipinski definition) is 4. The summed E-state index contributed by atoms with van der Waals surface area (Å²) in [5.41, 5.74) is 1.64. The van der Waals surface area contributed by atoms with Crippen molar-refractivity contribution in [3.63, 3.8) is 0 Å². The van der Waals surface area contributed by atoms with Crippen molar-refractivity contribution in [2.45, 2.75) is 17.8 Å². The highest BCUT2D eigenvalue weighted by atomic mass is 35.5. The number of carbonyl (C=O) groups is 1. The van der Waals surface area contributed by atoms with Crippen molar-refractivity contribution in [3.8, 4) is 0 Å². The lowest BCUT2D eigenvalue weighted by atomic mass is 9.85. The lowest BCUT2D eigenvalue weighted by Gasteiger charge is -2.37. The number of methoxy groups -OCH3 is 1. The zero-order valence-corrected chi connectivity index (χ0v) is 14.6. The molecule has 0 aliphatic carbocycles. The van der Waals surface area contributed by atoms with Crippen molar-refractivity contribution in [3.05, 3.63) is 70.7 Å². The van der Waals surface area contributed by atoms with E-state index < -0.39 is 16.8 Å². The standard InChI is InChI=1S/C18H19ClO3S/c1-3-23-18(16(20)17(21)22-2,13-7-5-4-6-8-13)14-9-11-15(19)12-10-14/h4-12,16,20H,3H2,1-2H3. The fourth-order valence-electron chi connectivity index (χ4n) is 2.62. The lowest BCUT2D eigenvalue weighted by molar-refractivity contribution is -0.151. The Labute approximate surface area is 145 Å². The third-order valence-electron chi connectivity index (χ3n) is 3.66. The zero-order valence-electron chi connectivity index (χ0n) is 13.0. The van der Waals surface area contributed by atoms with Crippen molar-refractivity contribution in [1.82, 2.24) is 0 Å². The van der Waals surface area contributed by atoms with E-state index in [2.05, 4.69) is 0 Å². The van der Waals surface area contributed by atoms with Gasteiger partial charge in [-0.1, -0.05) is 61.0 Å². The minimum absolute atomic E-state index is 0.602. The molecule has 0 aliphatic heterocycles. The monoisotopic (exact) mass is 350 g/mol. The van der Waals surface area contributed by atoms with Crippen LogP contribution in [0.4, 0.5) is 0 Å². The number of benzene rings is 2. The van der Waals surface area contributed by atoms with Crippen LogP contribution in [0.2, 0.25) is 5.02 Å². The first-order valence-corrected chi connectivity index (χ1v) is 8.64. The Bertz CT molecular complexity index is 645. The van der Waals surface area contributed by atoms with E-state index in [1.54, 1.807) is 12.1 Å². The Morgan fingerprint density at radius 1 is 1.17 bits per heavy atom. The van der Waals surface area contributed by atoms with E-state index in [0.29, 0.717) is 10.8 Å². The molecule has 0 saturated carbocycles. The van der Waals surface area contributed by atoms with E-state index >= 15 is 0 Å². The van der Waals surface area contributed by atoms with Crippen LogP contribution in [0.15, 0.2) is 54.6 Å². The van der Waals surface area contributed by atoms with Crippen molar-refractivity contribution < 1.29 is 14.6 Å². The van der Waals surface area contributed by atoms with Gasteiger partial charge >= 0.3 is 5.97 Å². The van der Waals surface area contributed by atoms with E-state index in [1.807, 2.05) is 49.4 Å². The minimum Gasteiger partial charge on any atom is -0.467 e. The van der Waals surface area contributed by atoms with Crippen LogP contribution < -0.4 is 0 Å². The van der Waals surface area contributed by atoms with E-state index in [4.69, 9.17) is 16.3 Å². The number of aliphatic hydroxyl groups is 1. The summed E-state index contributed by atoms with van der Waals surface area (Å²) in [6.45, 7) is 1.99. The average molecular weight is 351 g/mol. The SMILES string of the molecule is CCSC(c1ccccc1)(c1ccc(Cl)cc1)C(O)C(=O)OC. The van der Waals surface area contributed by atoms with Gasteiger partial charge in [0.15, 0.2) is 6.10 Å². The smallest absolute Gasteiger partial charge is 0.336 e. The third-order valence-corrected chi connectivity index (χ3v) is 5.35. The molecule has 0 amide bonds. The predicted octanol–water partition coefficient (Wildman–Crippen LogP) is 3.87. The van der Waals surface area contributed by atoms with Gasteiger partial charge in [-0.2, -0.15) is 0 Å². The van der Waals surface area contributed by atoms with E-state index in [-0.39, 0.29) is 0 Å². The Morgan fingerprint density at radius 3 is 2.26 bits per heavy atom. The largest absolute Gasteiger partial charge is 0.467 e. The first-order valence-electron chi connectivity index (χ1n) is 7.27. The second-order valence-electron chi connectivity index (χ2n) is 4.97. The molecule has 122 valence electrons. The van der Waals surface area contributed by atoms with E-state index in [9.17, 15) is 9.90 Å². The Morgan fingerprint density at radius 2 is 1.74 bits per heavy atom. The zero-order chi connectivity index (χ0) is 16.9. The second-order valence-corrected chi connectivity index (χ2v) is 6.91. The van der Waals surface area contributed by atoms with E-state index in [1.165, 1.54) is 18.9 Å². The molecule has 0 aliphatic rings. The fourth-order valence-corrected chi connectivity index (χ4v) is 4.06. The molecule has 2 aromatic carbocycles. The summed E-state index contributed by atoms with van der Waals surface area (Å²) in [7, 11) is 1.28. The summed E-state index contributed by atoms with van der Waals surface area (Å²) in [5.74, 6) is 0.0516. The lowest BCUT2D eigenvalue weighted by Crippen LogP contribution is -2.44. The molecule has 0 fully saturated rings. The molecule has 0 aromatic heterocycles. The number of carbonyl (C=O) groups excluding carboxylic acids is 1. The number of ether oxygens (including phenoxy) is 1. The number of rotatable bonds is 6.